The molecule has 20 heavy (non-hydrogen) atoms. The molecule has 0 bridgehead atoms. The van der Waals surface area contributed by atoms with Gasteiger partial charge in [-0.05, 0) is 59.0 Å². The van der Waals surface area contributed by atoms with E-state index < -0.39 is 5.76 Å². The van der Waals surface area contributed by atoms with Crippen molar-refractivity contribution in [2.24, 2.45) is 0 Å². The van der Waals surface area contributed by atoms with Crippen molar-refractivity contribution in [1.82, 2.24) is 0 Å². The standard InChI is InChI=1S/C14H10F2INOS/c15-14(16)20-10-7-5-9(6-8-10)18-13(19)11-3-1-2-4-12(11)17/h1-8,14H,(H,18,19). The first-order chi connectivity index (χ1) is 9.56. The fraction of sp³-hybridized carbons (Fsp3) is 0.0714. The second-order valence-corrected chi connectivity index (χ2v) is 6.06. The van der Waals surface area contributed by atoms with Crippen LogP contribution in [0.3, 0.4) is 0 Å². The van der Waals surface area contributed by atoms with Crippen LogP contribution in [-0.2, 0) is 0 Å². The fourth-order valence-electron chi connectivity index (χ4n) is 1.56. The first-order valence-electron chi connectivity index (χ1n) is 5.67. The van der Waals surface area contributed by atoms with Crippen molar-refractivity contribution in [2.75, 3.05) is 5.32 Å². The molecule has 1 N–H and O–H groups in total. The van der Waals surface area contributed by atoms with Gasteiger partial charge < -0.3 is 5.32 Å². The summed E-state index contributed by atoms with van der Waals surface area (Å²) in [5.41, 5.74) is 1.16. The number of rotatable bonds is 4. The van der Waals surface area contributed by atoms with E-state index in [4.69, 9.17) is 0 Å². The Bertz CT molecular complexity index is 604. The third-order valence-electron chi connectivity index (χ3n) is 2.46. The van der Waals surface area contributed by atoms with Gasteiger partial charge in [0.15, 0.2) is 0 Å². The number of carbonyl (C=O) groups excluding carboxylic acids is 1. The van der Waals surface area contributed by atoms with Crippen LogP contribution in [0, 0.1) is 3.57 Å². The van der Waals surface area contributed by atoms with Gasteiger partial charge in [-0.25, -0.2) is 0 Å². The lowest BCUT2D eigenvalue weighted by Crippen LogP contribution is -2.13. The van der Waals surface area contributed by atoms with E-state index in [2.05, 4.69) is 27.9 Å². The third kappa shape index (κ3) is 4.17. The monoisotopic (exact) mass is 405 g/mol. The molecule has 2 nitrogen and oxygen atoms in total. The Morgan fingerprint density at radius 3 is 2.35 bits per heavy atom. The number of thioether (sulfide) groups is 1. The minimum Gasteiger partial charge on any atom is -0.322 e. The van der Waals surface area contributed by atoms with E-state index in [9.17, 15) is 13.6 Å². The van der Waals surface area contributed by atoms with Crippen LogP contribution in [0.2, 0.25) is 0 Å². The van der Waals surface area contributed by atoms with Crippen LogP contribution in [-0.4, -0.2) is 11.7 Å². The Morgan fingerprint density at radius 1 is 1.10 bits per heavy atom. The number of anilines is 1. The van der Waals surface area contributed by atoms with Gasteiger partial charge in [0, 0.05) is 14.2 Å². The van der Waals surface area contributed by atoms with Crippen LogP contribution in [0.25, 0.3) is 0 Å². The van der Waals surface area contributed by atoms with Crippen molar-refractivity contribution >= 4 is 45.9 Å². The lowest BCUT2D eigenvalue weighted by molar-refractivity contribution is 0.102. The maximum absolute atomic E-state index is 12.2. The lowest BCUT2D eigenvalue weighted by Gasteiger charge is -2.07. The van der Waals surface area contributed by atoms with Crippen LogP contribution in [0.1, 0.15) is 10.4 Å². The summed E-state index contributed by atoms with van der Waals surface area (Å²) in [5.74, 6) is -2.66. The third-order valence-corrected chi connectivity index (χ3v) is 4.12. The summed E-state index contributed by atoms with van der Waals surface area (Å²) >= 11 is 2.57. The molecule has 0 spiro atoms. The van der Waals surface area contributed by atoms with Gasteiger partial charge in [-0.15, -0.1) is 0 Å². The molecule has 0 aliphatic heterocycles. The van der Waals surface area contributed by atoms with Gasteiger partial charge in [-0.1, -0.05) is 23.9 Å². The van der Waals surface area contributed by atoms with Crippen LogP contribution in [0.5, 0.6) is 0 Å². The van der Waals surface area contributed by atoms with Gasteiger partial charge in [-0.3, -0.25) is 4.79 Å². The normalized spacial score (nSPS) is 10.6. The summed E-state index contributed by atoms with van der Waals surface area (Å²) in [6, 6.07) is 13.6. The van der Waals surface area contributed by atoms with E-state index in [1.807, 2.05) is 12.1 Å². The molecule has 1 amide bonds. The Hall–Kier alpha value is -1.15. The molecule has 0 aliphatic carbocycles. The second-order valence-electron chi connectivity index (χ2n) is 3.84. The zero-order valence-electron chi connectivity index (χ0n) is 10.1. The van der Waals surface area contributed by atoms with E-state index >= 15 is 0 Å². The number of alkyl halides is 2. The average Bonchev–Trinajstić information content (AvgIpc) is 2.41. The number of nitrogens with one attached hydrogen (secondary N) is 1. The smallest absolute Gasteiger partial charge is 0.288 e. The average molecular weight is 405 g/mol. The number of benzene rings is 2. The second kappa shape index (κ2) is 7.03. The first kappa shape index (κ1) is 15.2. The minimum absolute atomic E-state index is 0.218. The van der Waals surface area contributed by atoms with Gasteiger partial charge in [0.1, 0.15) is 0 Å². The molecule has 2 rings (SSSR count). The van der Waals surface area contributed by atoms with Crippen LogP contribution < -0.4 is 5.32 Å². The van der Waals surface area contributed by atoms with E-state index in [-0.39, 0.29) is 5.91 Å². The van der Waals surface area contributed by atoms with Crippen LogP contribution in [0.15, 0.2) is 53.4 Å². The summed E-state index contributed by atoms with van der Waals surface area (Å²) in [6.45, 7) is 0. The molecule has 0 fully saturated rings. The first-order valence-corrected chi connectivity index (χ1v) is 7.63. The SMILES string of the molecule is O=C(Nc1ccc(SC(F)F)cc1)c1ccccc1I. The highest BCUT2D eigenvalue weighted by atomic mass is 127. The molecule has 0 atom stereocenters. The number of hydrogen-bond acceptors (Lipinski definition) is 2. The van der Waals surface area contributed by atoms with E-state index in [0.29, 0.717) is 27.9 Å². The molecular formula is C14H10F2INOS. The number of carbonyl (C=O) groups is 1. The molecule has 0 heterocycles. The van der Waals surface area contributed by atoms with Gasteiger partial charge in [0.2, 0.25) is 0 Å². The highest BCUT2D eigenvalue weighted by molar-refractivity contribution is 14.1. The van der Waals surface area contributed by atoms with Crippen molar-refractivity contribution in [3.63, 3.8) is 0 Å². The molecule has 2 aromatic carbocycles. The van der Waals surface area contributed by atoms with Crippen molar-refractivity contribution in [3.05, 3.63) is 57.7 Å². The van der Waals surface area contributed by atoms with Gasteiger partial charge >= 0.3 is 0 Å². The Morgan fingerprint density at radius 2 is 1.75 bits per heavy atom. The summed E-state index contributed by atoms with van der Waals surface area (Å²) in [4.78, 5) is 12.5. The summed E-state index contributed by atoms with van der Waals surface area (Å²) in [7, 11) is 0. The summed E-state index contributed by atoms with van der Waals surface area (Å²) in [6.07, 6.45) is 0. The van der Waals surface area contributed by atoms with Crippen molar-refractivity contribution in [1.29, 1.82) is 0 Å². The van der Waals surface area contributed by atoms with Crippen molar-refractivity contribution in [2.45, 2.75) is 10.7 Å². The van der Waals surface area contributed by atoms with Crippen molar-refractivity contribution in [3.8, 4) is 0 Å². The molecule has 0 radical (unpaired) electrons. The largest absolute Gasteiger partial charge is 0.322 e. The van der Waals surface area contributed by atoms with Gasteiger partial charge in [0.05, 0.1) is 5.56 Å². The Labute approximate surface area is 133 Å². The van der Waals surface area contributed by atoms with Crippen LogP contribution >= 0.6 is 34.4 Å². The Kier molecular flexibility index (Phi) is 5.36. The number of halogens is 3. The minimum atomic E-state index is -2.44. The number of hydrogen-bond donors (Lipinski definition) is 1. The molecule has 0 unspecified atom stereocenters. The molecule has 0 saturated carbocycles. The summed E-state index contributed by atoms with van der Waals surface area (Å²) < 4.78 is 25.2. The molecular weight excluding hydrogens is 395 g/mol. The molecule has 0 saturated heterocycles. The highest BCUT2D eigenvalue weighted by Gasteiger charge is 2.10. The maximum Gasteiger partial charge on any atom is 0.288 e. The van der Waals surface area contributed by atoms with E-state index in [1.54, 1.807) is 36.4 Å². The topological polar surface area (TPSA) is 29.1 Å². The predicted octanol–water partition coefficient (Wildman–Crippen LogP) is 4.86. The van der Waals surface area contributed by atoms with Gasteiger partial charge in [-0.2, -0.15) is 8.78 Å². The van der Waals surface area contributed by atoms with Gasteiger partial charge in [0.25, 0.3) is 11.7 Å². The molecule has 6 heteroatoms. The Balaban J connectivity index is 2.07. The molecule has 104 valence electrons. The molecule has 0 aliphatic rings. The summed E-state index contributed by atoms with van der Waals surface area (Å²) in [5, 5.41) is 2.74. The quantitative estimate of drug-likeness (QED) is 0.582. The highest BCUT2D eigenvalue weighted by Crippen LogP contribution is 2.26. The molecule has 0 aromatic heterocycles. The predicted molar refractivity (Wildman–Crippen MR) is 85.4 cm³/mol. The number of amides is 1. The van der Waals surface area contributed by atoms with Crippen LogP contribution in [0.4, 0.5) is 14.5 Å². The zero-order chi connectivity index (χ0) is 14.5. The maximum atomic E-state index is 12.2. The lowest BCUT2D eigenvalue weighted by atomic mass is 10.2. The fourth-order valence-corrected chi connectivity index (χ4v) is 2.69. The van der Waals surface area contributed by atoms with Crippen molar-refractivity contribution < 1.29 is 13.6 Å². The van der Waals surface area contributed by atoms with E-state index in [1.165, 1.54) is 0 Å². The molecule has 2 aromatic rings. The zero-order valence-corrected chi connectivity index (χ0v) is 13.1. The van der Waals surface area contributed by atoms with E-state index in [0.717, 1.165) is 3.57 Å².